The van der Waals surface area contributed by atoms with E-state index in [0.29, 0.717) is 29.7 Å². The summed E-state index contributed by atoms with van der Waals surface area (Å²) in [6.07, 6.45) is 5.91. The largest absolute Gasteiger partial charge is 0.488 e. The van der Waals surface area contributed by atoms with E-state index in [2.05, 4.69) is 20.6 Å². The summed E-state index contributed by atoms with van der Waals surface area (Å²) < 4.78 is 25.1. The molecule has 1 atom stereocenters. The second-order valence-corrected chi connectivity index (χ2v) is 7.84. The minimum atomic E-state index is -0.316. The highest BCUT2D eigenvalue weighted by Crippen LogP contribution is 2.38. The van der Waals surface area contributed by atoms with Crippen molar-refractivity contribution in [1.29, 1.82) is 0 Å². The van der Waals surface area contributed by atoms with Gasteiger partial charge in [-0.1, -0.05) is 0 Å². The zero-order valence-corrected chi connectivity index (χ0v) is 17.8. The molecule has 162 valence electrons. The van der Waals surface area contributed by atoms with Gasteiger partial charge in [-0.25, -0.2) is 14.4 Å². The minimum absolute atomic E-state index is 0.00956. The first-order valence-corrected chi connectivity index (χ1v) is 11.1. The summed E-state index contributed by atoms with van der Waals surface area (Å²) in [4.78, 5) is 20.5. The maximum absolute atomic E-state index is 14.0. The number of fused-ring (bicyclic) bond motifs is 1. The summed E-state index contributed by atoms with van der Waals surface area (Å²) in [6.45, 7) is 4.41. The number of esters is 1. The zero-order valence-electron chi connectivity index (χ0n) is 17.0. The molecule has 7 nitrogen and oxygen atoms in total. The summed E-state index contributed by atoms with van der Waals surface area (Å²) in [7, 11) is 0. The zero-order chi connectivity index (χ0) is 21.2. The predicted octanol–water partition coefficient (Wildman–Crippen LogP) is 3.06. The van der Waals surface area contributed by atoms with Crippen LogP contribution in [-0.2, 0) is 16.0 Å². The van der Waals surface area contributed by atoms with Crippen LogP contribution in [0.3, 0.4) is 0 Å². The maximum atomic E-state index is 14.0. The molecule has 0 spiro atoms. The molecule has 9 heteroatoms. The Morgan fingerprint density at radius 2 is 2.17 bits per heavy atom. The van der Waals surface area contributed by atoms with E-state index in [9.17, 15) is 9.18 Å². The Kier molecular flexibility index (Phi) is 8.70. The number of hydrogen-bond donors (Lipinski definition) is 2. The Hall–Kier alpha value is -2.39. The fourth-order valence-electron chi connectivity index (χ4n) is 3.14. The van der Waals surface area contributed by atoms with Gasteiger partial charge in [0.25, 0.3) is 0 Å². The molecule has 1 unspecified atom stereocenters. The SMILES string of the molecule is CCOC(=O)CSc1cc(F)cc2c1OC(CNCCCNc1ncccn1)CC2. The number of aromatic nitrogens is 2. The van der Waals surface area contributed by atoms with Crippen LogP contribution < -0.4 is 15.4 Å². The molecule has 2 aromatic rings. The summed E-state index contributed by atoms with van der Waals surface area (Å²) in [5.74, 6) is 0.824. The number of anilines is 1. The summed E-state index contributed by atoms with van der Waals surface area (Å²) in [5.41, 5.74) is 0.852. The van der Waals surface area contributed by atoms with Crippen LogP contribution in [0.5, 0.6) is 5.75 Å². The maximum Gasteiger partial charge on any atom is 0.316 e. The Morgan fingerprint density at radius 3 is 2.97 bits per heavy atom. The lowest BCUT2D eigenvalue weighted by molar-refractivity contribution is -0.139. The van der Waals surface area contributed by atoms with E-state index in [1.165, 1.54) is 23.9 Å². The molecule has 2 heterocycles. The van der Waals surface area contributed by atoms with Crippen LogP contribution in [0.15, 0.2) is 35.5 Å². The average Bonchev–Trinajstić information content (AvgIpc) is 2.75. The number of hydrogen-bond acceptors (Lipinski definition) is 8. The van der Waals surface area contributed by atoms with Gasteiger partial charge in [-0.15, -0.1) is 11.8 Å². The monoisotopic (exact) mass is 434 g/mol. The van der Waals surface area contributed by atoms with Crippen LogP contribution in [0, 0.1) is 5.82 Å². The van der Waals surface area contributed by atoms with Crippen molar-refractivity contribution in [3.63, 3.8) is 0 Å². The molecule has 1 aromatic heterocycles. The van der Waals surface area contributed by atoms with E-state index >= 15 is 0 Å². The number of carbonyl (C=O) groups excluding carboxylic acids is 1. The molecule has 1 aliphatic heterocycles. The lowest BCUT2D eigenvalue weighted by Gasteiger charge is -2.28. The molecule has 2 N–H and O–H groups in total. The number of thioether (sulfide) groups is 1. The first kappa shape index (κ1) is 22.3. The number of ether oxygens (including phenoxy) is 2. The fourth-order valence-corrected chi connectivity index (χ4v) is 4.00. The number of rotatable bonds is 11. The van der Waals surface area contributed by atoms with Crippen molar-refractivity contribution < 1.29 is 18.7 Å². The van der Waals surface area contributed by atoms with E-state index in [1.54, 1.807) is 25.4 Å². The number of carbonyl (C=O) groups is 1. The smallest absolute Gasteiger partial charge is 0.316 e. The highest BCUT2D eigenvalue weighted by Gasteiger charge is 2.24. The molecule has 3 rings (SSSR count). The molecule has 1 aliphatic rings. The van der Waals surface area contributed by atoms with Gasteiger partial charge in [0.05, 0.1) is 17.3 Å². The van der Waals surface area contributed by atoms with Crippen LogP contribution in [0.1, 0.15) is 25.3 Å². The van der Waals surface area contributed by atoms with Crippen molar-refractivity contribution in [3.05, 3.63) is 42.0 Å². The molecule has 0 saturated carbocycles. The molecular weight excluding hydrogens is 407 g/mol. The van der Waals surface area contributed by atoms with E-state index < -0.39 is 0 Å². The van der Waals surface area contributed by atoms with Crippen LogP contribution >= 0.6 is 11.8 Å². The predicted molar refractivity (Wildman–Crippen MR) is 115 cm³/mol. The minimum Gasteiger partial charge on any atom is -0.488 e. The second kappa shape index (κ2) is 11.7. The summed E-state index contributed by atoms with van der Waals surface area (Å²) in [5, 5.41) is 6.58. The van der Waals surface area contributed by atoms with Gasteiger partial charge < -0.3 is 20.1 Å². The quantitative estimate of drug-likeness (QED) is 0.317. The van der Waals surface area contributed by atoms with Crippen molar-refractivity contribution in [2.24, 2.45) is 0 Å². The lowest BCUT2D eigenvalue weighted by Crippen LogP contribution is -2.35. The van der Waals surface area contributed by atoms with Crippen molar-refractivity contribution in [2.45, 2.75) is 37.2 Å². The normalized spacial score (nSPS) is 15.2. The first-order valence-electron chi connectivity index (χ1n) is 10.1. The third-order valence-electron chi connectivity index (χ3n) is 4.52. The average molecular weight is 435 g/mol. The first-order chi connectivity index (χ1) is 14.7. The van der Waals surface area contributed by atoms with E-state index in [1.807, 2.05) is 0 Å². The topological polar surface area (TPSA) is 85.4 Å². The Bertz CT molecular complexity index is 825. The molecular formula is C21H27FN4O3S. The van der Waals surface area contributed by atoms with Crippen molar-refractivity contribution >= 4 is 23.7 Å². The van der Waals surface area contributed by atoms with E-state index in [0.717, 1.165) is 37.9 Å². The van der Waals surface area contributed by atoms with Gasteiger partial charge in [0, 0.05) is 25.5 Å². The van der Waals surface area contributed by atoms with Gasteiger partial charge in [-0.05, 0) is 56.5 Å². The molecule has 0 bridgehead atoms. The number of aryl methyl sites for hydroxylation is 1. The Balaban J connectivity index is 1.44. The van der Waals surface area contributed by atoms with Gasteiger partial charge in [-0.3, -0.25) is 4.79 Å². The van der Waals surface area contributed by atoms with Crippen molar-refractivity contribution in [1.82, 2.24) is 15.3 Å². The molecule has 0 radical (unpaired) electrons. The van der Waals surface area contributed by atoms with Gasteiger partial charge >= 0.3 is 5.97 Å². The molecule has 1 aromatic carbocycles. The molecule has 0 aliphatic carbocycles. The number of halogens is 1. The summed E-state index contributed by atoms with van der Waals surface area (Å²) in [6, 6.07) is 4.73. The third-order valence-corrected chi connectivity index (χ3v) is 5.51. The van der Waals surface area contributed by atoms with Gasteiger partial charge in [0.2, 0.25) is 5.95 Å². The molecule has 0 fully saturated rings. The number of nitrogens with one attached hydrogen (secondary N) is 2. The Labute approximate surface area is 180 Å². The van der Waals surface area contributed by atoms with Gasteiger partial charge in [0.15, 0.2) is 0 Å². The second-order valence-electron chi connectivity index (χ2n) is 6.82. The summed E-state index contributed by atoms with van der Waals surface area (Å²) >= 11 is 1.25. The van der Waals surface area contributed by atoms with Crippen LogP contribution in [0.2, 0.25) is 0 Å². The van der Waals surface area contributed by atoms with E-state index in [-0.39, 0.29) is 23.6 Å². The van der Waals surface area contributed by atoms with Crippen LogP contribution in [0.25, 0.3) is 0 Å². The molecule has 0 amide bonds. The highest BCUT2D eigenvalue weighted by atomic mass is 32.2. The number of benzene rings is 1. The molecule has 0 saturated heterocycles. The molecule has 30 heavy (non-hydrogen) atoms. The van der Waals surface area contributed by atoms with Gasteiger partial charge in [-0.2, -0.15) is 0 Å². The highest BCUT2D eigenvalue weighted by molar-refractivity contribution is 8.00. The Morgan fingerprint density at radius 1 is 1.33 bits per heavy atom. The lowest BCUT2D eigenvalue weighted by atomic mass is 10.0. The fraction of sp³-hybridized carbons (Fsp3) is 0.476. The van der Waals surface area contributed by atoms with Crippen LogP contribution in [-0.4, -0.2) is 54.0 Å². The van der Waals surface area contributed by atoms with Crippen LogP contribution in [0.4, 0.5) is 10.3 Å². The van der Waals surface area contributed by atoms with Gasteiger partial charge in [0.1, 0.15) is 17.7 Å². The third kappa shape index (κ3) is 6.84. The standard InChI is InChI=1S/C21H27FN4O3S/c1-2-28-19(27)14-30-18-12-16(22)11-15-5-6-17(29-20(15)18)13-23-7-3-8-24-21-25-9-4-10-26-21/h4,9-12,17,23H,2-3,5-8,13-14H2,1H3,(H,24,25,26). The van der Waals surface area contributed by atoms with Crippen molar-refractivity contribution in [3.8, 4) is 5.75 Å². The van der Waals surface area contributed by atoms with E-state index in [4.69, 9.17) is 9.47 Å². The van der Waals surface area contributed by atoms with Crippen molar-refractivity contribution in [2.75, 3.05) is 37.3 Å². The number of nitrogens with zero attached hydrogens (tertiary/aromatic N) is 2.